The molecule has 0 saturated carbocycles. The normalized spacial score (nSPS) is 16.3. The van der Waals surface area contributed by atoms with Crippen LogP contribution in [-0.2, 0) is 0 Å². The third-order valence-corrected chi connectivity index (χ3v) is 3.68. The van der Waals surface area contributed by atoms with Crippen molar-refractivity contribution in [2.45, 2.75) is 13.8 Å². The summed E-state index contributed by atoms with van der Waals surface area (Å²) in [6, 6.07) is 3.92. The molecule has 5 heteroatoms. The maximum atomic E-state index is 12.5. The van der Waals surface area contributed by atoms with Crippen LogP contribution in [0.2, 0.25) is 0 Å². The minimum atomic E-state index is 0.0236. The van der Waals surface area contributed by atoms with E-state index >= 15 is 0 Å². The predicted molar refractivity (Wildman–Crippen MR) is 73.6 cm³/mol. The van der Waals surface area contributed by atoms with Crippen molar-refractivity contribution < 1.29 is 9.53 Å². The van der Waals surface area contributed by atoms with Crippen molar-refractivity contribution in [1.29, 1.82) is 0 Å². The van der Waals surface area contributed by atoms with Gasteiger partial charge >= 0.3 is 0 Å². The second-order valence-electron chi connectivity index (χ2n) is 4.52. The van der Waals surface area contributed by atoms with Crippen LogP contribution in [0, 0.1) is 13.8 Å². The Morgan fingerprint density at radius 2 is 2.11 bits per heavy atom. The number of carbonyl (C=O) groups is 1. The van der Waals surface area contributed by atoms with E-state index in [1.807, 2.05) is 26.0 Å². The minimum Gasteiger partial charge on any atom is -0.488 e. The van der Waals surface area contributed by atoms with Crippen LogP contribution in [0.25, 0.3) is 6.08 Å². The van der Waals surface area contributed by atoms with Gasteiger partial charge in [-0.25, -0.2) is 0 Å². The second-order valence-corrected chi connectivity index (χ2v) is 5.13. The van der Waals surface area contributed by atoms with Crippen molar-refractivity contribution in [1.82, 2.24) is 9.59 Å². The summed E-state index contributed by atoms with van der Waals surface area (Å²) in [5.74, 6) is 0.731. The van der Waals surface area contributed by atoms with Crippen molar-refractivity contribution in [3.8, 4) is 5.75 Å². The molecule has 1 aromatic carbocycles. The Balaban J connectivity index is 2.08. The number of ether oxygens (including phenoxy) is 1. The molecule has 3 rings (SSSR count). The lowest BCUT2D eigenvalue weighted by molar-refractivity contribution is 0.0999. The summed E-state index contributed by atoms with van der Waals surface area (Å²) in [5, 5.41) is 5.73. The van der Waals surface area contributed by atoms with E-state index in [4.69, 9.17) is 4.74 Å². The van der Waals surface area contributed by atoms with Gasteiger partial charge in [0.1, 0.15) is 12.4 Å². The number of nitrogens with zero attached hydrogens (tertiary/aromatic N) is 2. The molecule has 0 aliphatic carbocycles. The van der Waals surface area contributed by atoms with E-state index in [2.05, 4.69) is 9.59 Å². The standard InChI is InChI=1S/C14H12N2O2S/c1-8-3-4-9(2)14-12(8)13(17)10(6-18-14)5-11-7-19-16-15-11/h3-5,7H,6H2,1-2H3/b10-5+. The predicted octanol–water partition coefficient (Wildman–Crippen LogP) is 2.81. The fourth-order valence-electron chi connectivity index (χ4n) is 2.15. The molecule has 1 aromatic heterocycles. The summed E-state index contributed by atoms with van der Waals surface area (Å²) in [6.45, 7) is 4.16. The van der Waals surface area contributed by atoms with Crippen LogP contribution in [0.5, 0.6) is 5.75 Å². The van der Waals surface area contributed by atoms with E-state index in [0.29, 0.717) is 22.6 Å². The zero-order chi connectivity index (χ0) is 13.4. The number of rotatable bonds is 1. The highest BCUT2D eigenvalue weighted by Gasteiger charge is 2.26. The van der Waals surface area contributed by atoms with E-state index in [1.54, 1.807) is 11.5 Å². The summed E-state index contributed by atoms with van der Waals surface area (Å²) < 4.78 is 9.52. The van der Waals surface area contributed by atoms with Crippen molar-refractivity contribution >= 4 is 23.4 Å². The molecule has 0 N–H and O–H groups in total. The van der Waals surface area contributed by atoms with Gasteiger partial charge in [-0.2, -0.15) is 0 Å². The Bertz CT molecular complexity index is 675. The van der Waals surface area contributed by atoms with Gasteiger partial charge < -0.3 is 4.74 Å². The van der Waals surface area contributed by atoms with Gasteiger partial charge in [0.25, 0.3) is 0 Å². The minimum absolute atomic E-state index is 0.0236. The van der Waals surface area contributed by atoms with Gasteiger partial charge in [-0.15, -0.1) is 5.10 Å². The molecule has 4 nitrogen and oxygen atoms in total. The van der Waals surface area contributed by atoms with Gasteiger partial charge in [-0.3, -0.25) is 4.79 Å². The molecule has 0 amide bonds. The second kappa shape index (κ2) is 4.59. The lowest BCUT2D eigenvalue weighted by atomic mass is 9.93. The highest BCUT2D eigenvalue weighted by Crippen LogP contribution is 2.33. The average Bonchev–Trinajstić information content (AvgIpc) is 2.89. The number of hydrogen-bond acceptors (Lipinski definition) is 5. The highest BCUT2D eigenvalue weighted by atomic mass is 32.1. The lowest BCUT2D eigenvalue weighted by Crippen LogP contribution is -2.21. The van der Waals surface area contributed by atoms with E-state index in [-0.39, 0.29) is 12.4 Å². The molecule has 0 bridgehead atoms. The average molecular weight is 272 g/mol. The van der Waals surface area contributed by atoms with E-state index in [0.717, 1.165) is 11.1 Å². The maximum Gasteiger partial charge on any atom is 0.196 e. The van der Waals surface area contributed by atoms with Gasteiger partial charge in [0.15, 0.2) is 5.78 Å². The molecule has 19 heavy (non-hydrogen) atoms. The molecular formula is C14H12N2O2S. The van der Waals surface area contributed by atoms with Crippen LogP contribution in [0.4, 0.5) is 0 Å². The van der Waals surface area contributed by atoms with Crippen LogP contribution < -0.4 is 4.74 Å². The number of hydrogen-bond donors (Lipinski definition) is 0. The molecule has 0 fully saturated rings. The quantitative estimate of drug-likeness (QED) is 0.749. The van der Waals surface area contributed by atoms with Crippen LogP contribution >= 0.6 is 11.5 Å². The van der Waals surface area contributed by atoms with Crippen molar-refractivity contribution in [3.05, 3.63) is 45.5 Å². The smallest absolute Gasteiger partial charge is 0.196 e. The first-order valence-corrected chi connectivity index (χ1v) is 6.76. The molecule has 0 saturated heterocycles. The molecule has 1 aliphatic rings. The molecular weight excluding hydrogens is 260 g/mol. The first-order valence-electron chi connectivity index (χ1n) is 5.92. The van der Waals surface area contributed by atoms with Crippen LogP contribution in [0.15, 0.2) is 23.1 Å². The third kappa shape index (κ3) is 2.06. The molecule has 96 valence electrons. The molecule has 0 atom stereocenters. The number of benzene rings is 1. The summed E-state index contributed by atoms with van der Waals surface area (Å²) >= 11 is 1.26. The van der Waals surface area contributed by atoms with E-state index < -0.39 is 0 Å². The monoisotopic (exact) mass is 272 g/mol. The number of carbonyl (C=O) groups excluding carboxylic acids is 1. The highest BCUT2D eigenvalue weighted by molar-refractivity contribution is 7.03. The number of aryl methyl sites for hydroxylation is 2. The lowest BCUT2D eigenvalue weighted by Gasteiger charge is -2.22. The summed E-state index contributed by atoms with van der Waals surface area (Å²) in [4.78, 5) is 12.5. The largest absolute Gasteiger partial charge is 0.488 e. The Morgan fingerprint density at radius 3 is 2.84 bits per heavy atom. The summed E-state index contributed by atoms with van der Waals surface area (Å²) in [7, 11) is 0. The van der Waals surface area contributed by atoms with Crippen molar-refractivity contribution in [2.75, 3.05) is 6.61 Å². The molecule has 2 aromatic rings. The van der Waals surface area contributed by atoms with Crippen LogP contribution in [-0.4, -0.2) is 22.0 Å². The zero-order valence-electron chi connectivity index (χ0n) is 10.6. The fraction of sp³-hybridized carbons (Fsp3) is 0.214. The number of fused-ring (bicyclic) bond motifs is 1. The molecule has 1 aliphatic heterocycles. The number of ketones is 1. The van der Waals surface area contributed by atoms with E-state index in [1.165, 1.54) is 11.5 Å². The van der Waals surface area contributed by atoms with Gasteiger partial charge in [-0.1, -0.05) is 16.6 Å². The first-order chi connectivity index (χ1) is 9.16. The van der Waals surface area contributed by atoms with Gasteiger partial charge in [0, 0.05) is 11.0 Å². The fourth-order valence-corrected chi connectivity index (χ4v) is 2.56. The Hall–Kier alpha value is -2.01. The molecule has 0 spiro atoms. The Kier molecular flexibility index (Phi) is 2.91. The third-order valence-electron chi connectivity index (χ3n) is 3.15. The molecule has 0 unspecified atom stereocenters. The number of aromatic nitrogens is 2. The zero-order valence-corrected chi connectivity index (χ0v) is 11.5. The Labute approximate surface area is 114 Å². The SMILES string of the molecule is Cc1ccc(C)c2c1OC/C(=C\c1csnn1)C2=O. The van der Waals surface area contributed by atoms with Crippen LogP contribution in [0.1, 0.15) is 27.2 Å². The van der Waals surface area contributed by atoms with Crippen molar-refractivity contribution in [2.24, 2.45) is 0 Å². The maximum absolute atomic E-state index is 12.5. The van der Waals surface area contributed by atoms with Crippen LogP contribution in [0.3, 0.4) is 0 Å². The topological polar surface area (TPSA) is 52.1 Å². The van der Waals surface area contributed by atoms with Gasteiger partial charge in [-0.05, 0) is 42.6 Å². The summed E-state index contributed by atoms with van der Waals surface area (Å²) in [6.07, 6.45) is 1.75. The molecule has 2 heterocycles. The summed E-state index contributed by atoms with van der Waals surface area (Å²) in [5.41, 5.74) is 3.91. The Morgan fingerprint density at radius 1 is 1.32 bits per heavy atom. The van der Waals surface area contributed by atoms with Gasteiger partial charge in [0.2, 0.25) is 0 Å². The number of Topliss-reactive ketones (excluding diaryl/α,β-unsaturated/α-hetero) is 1. The van der Waals surface area contributed by atoms with Gasteiger partial charge in [0.05, 0.1) is 11.3 Å². The van der Waals surface area contributed by atoms with E-state index in [9.17, 15) is 4.79 Å². The van der Waals surface area contributed by atoms with Crippen molar-refractivity contribution in [3.63, 3.8) is 0 Å². The molecule has 0 radical (unpaired) electrons. The first kappa shape index (κ1) is 12.0.